The van der Waals surface area contributed by atoms with Gasteiger partial charge < -0.3 is 15.6 Å². The van der Waals surface area contributed by atoms with E-state index >= 15 is 0 Å². The minimum absolute atomic E-state index is 0. The normalized spacial score (nSPS) is 9.00. The van der Waals surface area contributed by atoms with E-state index < -0.39 is 5.97 Å². The van der Waals surface area contributed by atoms with Crippen molar-refractivity contribution in [2.24, 2.45) is 0 Å². The van der Waals surface area contributed by atoms with E-state index in [0.29, 0.717) is 16.3 Å². The Labute approximate surface area is 103 Å². The Morgan fingerprint density at radius 3 is 2.62 bits per heavy atom. The van der Waals surface area contributed by atoms with Crippen molar-refractivity contribution in [2.45, 2.75) is 6.42 Å². The largest absolute Gasteiger partial charge is 1.00 e. The summed E-state index contributed by atoms with van der Waals surface area (Å²) in [6, 6.07) is 4.86. The number of nitrogen functional groups attached to an aromatic ring is 1. The van der Waals surface area contributed by atoms with E-state index in [9.17, 15) is 9.90 Å². The molecule has 0 aliphatic carbocycles. The topological polar surface area (TPSA) is 66.2 Å². The zero-order valence-electron chi connectivity index (χ0n) is 7.21. The SMILES string of the molecule is Nc1cccc(Cl)c1CC(=O)[O-].[Na+]. The van der Waals surface area contributed by atoms with Gasteiger partial charge in [0.2, 0.25) is 0 Å². The summed E-state index contributed by atoms with van der Waals surface area (Å²) in [4.78, 5) is 10.2. The Kier molecular flexibility index (Phi) is 5.40. The molecule has 0 bridgehead atoms. The zero-order chi connectivity index (χ0) is 9.14. The third kappa shape index (κ3) is 3.56. The zero-order valence-corrected chi connectivity index (χ0v) is 9.97. The molecular formula is C8H7ClNNaO2. The molecule has 3 nitrogen and oxygen atoms in total. The molecule has 0 heterocycles. The van der Waals surface area contributed by atoms with Gasteiger partial charge in [-0.1, -0.05) is 17.7 Å². The van der Waals surface area contributed by atoms with Gasteiger partial charge in [0, 0.05) is 23.1 Å². The van der Waals surface area contributed by atoms with Gasteiger partial charge in [0.15, 0.2) is 0 Å². The predicted octanol–water partition coefficient (Wildman–Crippen LogP) is -2.78. The van der Waals surface area contributed by atoms with Crippen molar-refractivity contribution >= 4 is 23.3 Å². The van der Waals surface area contributed by atoms with Crippen LogP contribution in [0.3, 0.4) is 0 Å². The Balaban J connectivity index is 0.00000144. The van der Waals surface area contributed by atoms with Crippen molar-refractivity contribution in [3.05, 3.63) is 28.8 Å². The molecule has 0 aliphatic heterocycles. The standard InChI is InChI=1S/C8H8ClNO2.Na/c9-6-2-1-3-7(10)5(6)4-8(11)12;/h1-3H,4,10H2,(H,11,12);/q;+1/p-1. The minimum Gasteiger partial charge on any atom is -0.550 e. The number of anilines is 1. The van der Waals surface area contributed by atoms with Gasteiger partial charge in [-0.05, 0) is 17.7 Å². The molecule has 0 saturated carbocycles. The molecule has 1 rings (SSSR count). The van der Waals surface area contributed by atoms with E-state index in [-0.39, 0.29) is 36.0 Å². The molecule has 0 unspecified atom stereocenters. The summed E-state index contributed by atoms with van der Waals surface area (Å²) in [6.07, 6.45) is -0.245. The third-order valence-electron chi connectivity index (χ3n) is 1.48. The maximum atomic E-state index is 10.2. The molecule has 1 aromatic carbocycles. The summed E-state index contributed by atoms with van der Waals surface area (Å²) >= 11 is 5.70. The first-order valence-electron chi connectivity index (χ1n) is 3.34. The van der Waals surface area contributed by atoms with Crippen LogP contribution in [0, 0.1) is 0 Å². The van der Waals surface area contributed by atoms with Gasteiger partial charge in [0.05, 0.1) is 0 Å². The molecule has 1 aromatic rings. The summed E-state index contributed by atoms with van der Waals surface area (Å²) in [6.45, 7) is 0. The summed E-state index contributed by atoms with van der Waals surface area (Å²) in [7, 11) is 0. The second kappa shape index (κ2) is 5.50. The van der Waals surface area contributed by atoms with Crippen molar-refractivity contribution in [3.63, 3.8) is 0 Å². The van der Waals surface area contributed by atoms with E-state index in [0.717, 1.165) is 0 Å². The van der Waals surface area contributed by atoms with Crippen molar-refractivity contribution in [3.8, 4) is 0 Å². The van der Waals surface area contributed by atoms with Gasteiger partial charge >= 0.3 is 29.6 Å². The molecule has 0 saturated heterocycles. The van der Waals surface area contributed by atoms with Crippen LogP contribution < -0.4 is 40.4 Å². The first-order chi connectivity index (χ1) is 5.61. The predicted molar refractivity (Wildman–Crippen MR) is 44.6 cm³/mol. The van der Waals surface area contributed by atoms with Crippen molar-refractivity contribution in [2.75, 3.05) is 5.73 Å². The van der Waals surface area contributed by atoms with E-state index in [1.807, 2.05) is 0 Å². The summed E-state index contributed by atoms with van der Waals surface area (Å²) < 4.78 is 0. The fraction of sp³-hybridized carbons (Fsp3) is 0.125. The molecule has 0 aromatic heterocycles. The van der Waals surface area contributed by atoms with E-state index in [2.05, 4.69) is 0 Å². The Morgan fingerprint density at radius 1 is 1.54 bits per heavy atom. The molecule has 0 spiro atoms. The molecule has 2 N–H and O–H groups in total. The average Bonchev–Trinajstić information content (AvgIpc) is 1.97. The van der Waals surface area contributed by atoms with Gasteiger partial charge in [-0.25, -0.2) is 0 Å². The molecule has 0 amide bonds. The van der Waals surface area contributed by atoms with Crippen LogP contribution in [-0.2, 0) is 11.2 Å². The van der Waals surface area contributed by atoms with Crippen LogP contribution in [-0.4, -0.2) is 5.97 Å². The fourth-order valence-electron chi connectivity index (χ4n) is 0.906. The molecule has 13 heavy (non-hydrogen) atoms. The van der Waals surface area contributed by atoms with Crippen molar-refractivity contribution < 1.29 is 39.5 Å². The number of carboxylic acid groups (broad SMARTS) is 1. The quantitative estimate of drug-likeness (QED) is 0.422. The van der Waals surface area contributed by atoms with Crippen molar-refractivity contribution in [1.82, 2.24) is 0 Å². The number of carboxylic acids is 1. The van der Waals surface area contributed by atoms with Gasteiger partial charge in [0.1, 0.15) is 0 Å². The monoisotopic (exact) mass is 207 g/mol. The molecule has 0 aliphatic rings. The minimum atomic E-state index is -1.19. The van der Waals surface area contributed by atoms with E-state index in [1.54, 1.807) is 18.2 Å². The molecule has 5 heteroatoms. The van der Waals surface area contributed by atoms with Crippen LogP contribution in [0.25, 0.3) is 0 Å². The van der Waals surface area contributed by atoms with E-state index in [4.69, 9.17) is 17.3 Å². The smallest absolute Gasteiger partial charge is 0.550 e. The Hall–Kier alpha value is -0.220. The molecular weight excluding hydrogens is 201 g/mol. The number of rotatable bonds is 2. The second-order valence-electron chi connectivity index (χ2n) is 2.36. The first-order valence-corrected chi connectivity index (χ1v) is 3.71. The second-order valence-corrected chi connectivity index (χ2v) is 2.76. The Morgan fingerprint density at radius 2 is 2.15 bits per heavy atom. The Bertz CT molecular complexity index is 297. The van der Waals surface area contributed by atoms with Gasteiger partial charge in [-0.2, -0.15) is 0 Å². The molecule has 0 fully saturated rings. The number of aliphatic carboxylic acids is 1. The van der Waals surface area contributed by atoms with Gasteiger partial charge in [-0.3, -0.25) is 0 Å². The number of nitrogens with two attached hydrogens (primary N) is 1. The number of hydrogen-bond donors (Lipinski definition) is 1. The van der Waals surface area contributed by atoms with Crippen LogP contribution >= 0.6 is 11.6 Å². The van der Waals surface area contributed by atoms with Crippen molar-refractivity contribution in [1.29, 1.82) is 0 Å². The number of benzene rings is 1. The summed E-state index contributed by atoms with van der Waals surface area (Å²) in [5, 5.41) is 10.6. The summed E-state index contributed by atoms with van der Waals surface area (Å²) in [5.74, 6) is -1.19. The maximum absolute atomic E-state index is 10.2. The number of hydrogen-bond acceptors (Lipinski definition) is 3. The first kappa shape index (κ1) is 12.8. The van der Waals surface area contributed by atoms with Crippen LogP contribution in [0.5, 0.6) is 0 Å². The van der Waals surface area contributed by atoms with Crippen LogP contribution in [0.4, 0.5) is 5.69 Å². The van der Waals surface area contributed by atoms with Gasteiger partial charge in [0.25, 0.3) is 0 Å². The van der Waals surface area contributed by atoms with Gasteiger partial charge in [-0.15, -0.1) is 0 Å². The maximum Gasteiger partial charge on any atom is 1.00 e. The van der Waals surface area contributed by atoms with E-state index in [1.165, 1.54) is 0 Å². The van der Waals surface area contributed by atoms with Crippen LogP contribution in [0.2, 0.25) is 5.02 Å². The summed E-state index contributed by atoms with van der Waals surface area (Å²) in [5.41, 5.74) is 6.29. The number of carbonyl (C=O) groups is 1. The number of carbonyl (C=O) groups excluding carboxylic acids is 1. The average molecular weight is 208 g/mol. The van der Waals surface area contributed by atoms with Crippen LogP contribution in [0.15, 0.2) is 18.2 Å². The fourth-order valence-corrected chi connectivity index (χ4v) is 1.15. The molecule has 0 atom stereocenters. The number of halogens is 1. The molecule has 64 valence electrons. The van der Waals surface area contributed by atoms with Crippen LogP contribution in [0.1, 0.15) is 5.56 Å². The third-order valence-corrected chi connectivity index (χ3v) is 1.83. The molecule has 0 radical (unpaired) electrons.